The minimum atomic E-state index is -4.85. The number of halogens is 4. The second kappa shape index (κ2) is 5.21. The van der Waals surface area contributed by atoms with Gasteiger partial charge >= 0.3 is 6.36 Å². The fourth-order valence-corrected chi connectivity index (χ4v) is 1.73. The van der Waals surface area contributed by atoms with Crippen molar-refractivity contribution in [2.24, 2.45) is 0 Å². The maximum absolute atomic E-state index is 13.4. The number of hydrogen-bond acceptors (Lipinski definition) is 2. The molecule has 0 N–H and O–H groups in total. The standard InChI is InChI=1S/C14H7F4NO/c15-11-6-9(8-19)5-10(7-11)12-3-1-2-4-13(12)20-14(16,17)18/h1-7H. The van der Waals surface area contributed by atoms with Crippen LogP contribution in [-0.4, -0.2) is 6.36 Å². The molecule has 2 rings (SSSR count). The second-order valence-electron chi connectivity index (χ2n) is 3.88. The molecule has 0 spiro atoms. The van der Waals surface area contributed by atoms with Crippen molar-refractivity contribution in [2.75, 3.05) is 0 Å². The van der Waals surface area contributed by atoms with Gasteiger partial charge < -0.3 is 4.74 Å². The SMILES string of the molecule is N#Cc1cc(F)cc(-c2ccccc2OC(F)(F)F)c1. The van der Waals surface area contributed by atoms with Crippen LogP contribution in [0.25, 0.3) is 11.1 Å². The number of rotatable bonds is 2. The first kappa shape index (κ1) is 13.9. The van der Waals surface area contributed by atoms with Crippen LogP contribution in [0.5, 0.6) is 5.75 Å². The van der Waals surface area contributed by atoms with E-state index >= 15 is 0 Å². The van der Waals surface area contributed by atoms with Crippen LogP contribution >= 0.6 is 0 Å². The van der Waals surface area contributed by atoms with Crippen molar-refractivity contribution in [3.63, 3.8) is 0 Å². The molecule has 0 aliphatic heterocycles. The average Bonchev–Trinajstić information content (AvgIpc) is 2.36. The summed E-state index contributed by atoms with van der Waals surface area (Å²) in [6, 6.07) is 10.4. The highest BCUT2D eigenvalue weighted by Gasteiger charge is 2.32. The van der Waals surface area contributed by atoms with Crippen LogP contribution in [-0.2, 0) is 0 Å². The molecule has 0 amide bonds. The Morgan fingerprint density at radius 3 is 2.40 bits per heavy atom. The first-order chi connectivity index (χ1) is 9.39. The van der Waals surface area contributed by atoms with E-state index in [1.165, 1.54) is 24.3 Å². The van der Waals surface area contributed by atoms with Crippen LogP contribution in [0.4, 0.5) is 17.6 Å². The predicted molar refractivity (Wildman–Crippen MR) is 63.2 cm³/mol. The zero-order valence-electron chi connectivity index (χ0n) is 9.91. The second-order valence-corrected chi connectivity index (χ2v) is 3.88. The highest BCUT2D eigenvalue weighted by Crippen LogP contribution is 2.34. The van der Waals surface area contributed by atoms with Crippen LogP contribution in [0.2, 0.25) is 0 Å². The Bertz CT molecular complexity index is 674. The van der Waals surface area contributed by atoms with Crippen molar-refractivity contribution in [1.82, 2.24) is 0 Å². The third-order valence-corrected chi connectivity index (χ3v) is 2.45. The van der Waals surface area contributed by atoms with Crippen LogP contribution < -0.4 is 4.74 Å². The van der Waals surface area contributed by atoms with Crippen molar-refractivity contribution in [2.45, 2.75) is 6.36 Å². The Kier molecular flexibility index (Phi) is 3.61. The van der Waals surface area contributed by atoms with Crippen LogP contribution in [0.1, 0.15) is 5.56 Å². The van der Waals surface area contributed by atoms with Crippen molar-refractivity contribution >= 4 is 0 Å². The molecule has 0 aromatic heterocycles. The van der Waals surface area contributed by atoms with Crippen LogP contribution in [0.15, 0.2) is 42.5 Å². The molecule has 0 saturated carbocycles. The third kappa shape index (κ3) is 3.26. The minimum absolute atomic E-state index is 0.0156. The van der Waals surface area contributed by atoms with Gasteiger partial charge in [-0.15, -0.1) is 13.2 Å². The van der Waals surface area contributed by atoms with Gasteiger partial charge in [0.25, 0.3) is 0 Å². The molecule has 0 heterocycles. The van der Waals surface area contributed by atoms with Gasteiger partial charge in [-0.2, -0.15) is 5.26 Å². The molecule has 102 valence electrons. The van der Waals surface area contributed by atoms with Gasteiger partial charge in [-0.3, -0.25) is 0 Å². The molecule has 2 aromatic carbocycles. The summed E-state index contributed by atoms with van der Waals surface area (Å²) in [5.74, 6) is -1.16. The topological polar surface area (TPSA) is 33.0 Å². The van der Waals surface area contributed by atoms with E-state index in [-0.39, 0.29) is 16.7 Å². The Hall–Kier alpha value is -2.55. The van der Waals surface area contributed by atoms with Crippen molar-refractivity contribution < 1.29 is 22.3 Å². The van der Waals surface area contributed by atoms with Crippen molar-refractivity contribution in [1.29, 1.82) is 5.26 Å². The van der Waals surface area contributed by atoms with E-state index in [0.29, 0.717) is 0 Å². The molecule has 0 unspecified atom stereocenters. The number of alkyl halides is 3. The van der Waals surface area contributed by atoms with Gasteiger partial charge in [0.15, 0.2) is 0 Å². The predicted octanol–water partition coefficient (Wildman–Crippen LogP) is 4.26. The molecule has 0 aliphatic rings. The fraction of sp³-hybridized carbons (Fsp3) is 0.0714. The van der Waals surface area contributed by atoms with E-state index in [2.05, 4.69) is 4.74 Å². The van der Waals surface area contributed by atoms with Gasteiger partial charge in [-0.05, 0) is 29.8 Å². The van der Waals surface area contributed by atoms with Crippen molar-refractivity contribution in [3.05, 3.63) is 53.8 Å². The number of ether oxygens (including phenoxy) is 1. The molecule has 2 nitrogen and oxygen atoms in total. The summed E-state index contributed by atoms with van der Waals surface area (Å²) in [5.41, 5.74) is 0.212. The highest BCUT2D eigenvalue weighted by atomic mass is 19.4. The van der Waals surface area contributed by atoms with Gasteiger partial charge in [-0.25, -0.2) is 4.39 Å². The van der Waals surface area contributed by atoms with Gasteiger partial charge in [0.1, 0.15) is 11.6 Å². The molecule has 0 aliphatic carbocycles. The number of hydrogen-bond donors (Lipinski definition) is 0. The lowest BCUT2D eigenvalue weighted by atomic mass is 10.0. The zero-order valence-corrected chi connectivity index (χ0v) is 9.91. The summed E-state index contributed by atoms with van der Waals surface area (Å²) in [6.07, 6.45) is -4.85. The molecule has 6 heteroatoms. The Labute approximate surface area is 111 Å². The maximum Gasteiger partial charge on any atom is 0.573 e. The highest BCUT2D eigenvalue weighted by molar-refractivity contribution is 5.71. The largest absolute Gasteiger partial charge is 0.573 e. The quantitative estimate of drug-likeness (QED) is 0.770. The van der Waals surface area contributed by atoms with E-state index in [1.807, 2.05) is 0 Å². The maximum atomic E-state index is 13.4. The summed E-state index contributed by atoms with van der Waals surface area (Å²) in [6.45, 7) is 0. The summed E-state index contributed by atoms with van der Waals surface area (Å²) < 4.78 is 54.2. The van der Waals surface area contributed by atoms with Crippen molar-refractivity contribution in [3.8, 4) is 22.9 Å². The molecule has 0 radical (unpaired) electrons. The van der Waals surface area contributed by atoms with E-state index in [1.54, 1.807) is 6.07 Å². The molecule has 0 atom stereocenters. The smallest absolute Gasteiger partial charge is 0.405 e. The molecule has 0 bridgehead atoms. The van der Waals surface area contributed by atoms with E-state index < -0.39 is 17.9 Å². The fourth-order valence-electron chi connectivity index (χ4n) is 1.73. The lowest BCUT2D eigenvalue weighted by Gasteiger charge is -2.13. The Balaban J connectivity index is 2.53. The van der Waals surface area contributed by atoms with Gasteiger partial charge in [0.05, 0.1) is 11.6 Å². The Morgan fingerprint density at radius 2 is 1.75 bits per heavy atom. The first-order valence-corrected chi connectivity index (χ1v) is 5.45. The normalized spacial score (nSPS) is 10.9. The summed E-state index contributed by atoms with van der Waals surface area (Å²) >= 11 is 0. The van der Waals surface area contributed by atoms with Gasteiger partial charge in [0, 0.05) is 5.56 Å². The molecule has 20 heavy (non-hydrogen) atoms. The Morgan fingerprint density at radius 1 is 1.05 bits per heavy atom. The van der Waals surface area contributed by atoms with Gasteiger partial charge in [-0.1, -0.05) is 18.2 Å². The van der Waals surface area contributed by atoms with Gasteiger partial charge in [0.2, 0.25) is 0 Å². The number of nitriles is 1. The molecule has 0 fully saturated rings. The van der Waals surface area contributed by atoms with E-state index in [4.69, 9.17) is 5.26 Å². The average molecular weight is 281 g/mol. The summed E-state index contributed by atoms with van der Waals surface area (Å²) in [7, 11) is 0. The van der Waals surface area contributed by atoms with E-state index in [0.717, 1.165) is 18.2 Å². The molecular formula is C14H7F4NO. The number of benzene rings is 2. The van der Waals surface area contributed by atoms with E-state index in [9.17, 15) is 17.6 Å². The zero-order chi connectivity index (χ0) is 14.8. The summed E-state index contributed by atoms with van der Waals surface area (Å²) in [5, 5.41) is 8.76. The minimum Gasteiger partial charge on any atom is -0.405 e. The molecule has 0 saturated heterocycles. The van der Waals surface area contributed by atoms with Crippen LogP contribution in [0, 0.1) is 17.1 Å². The summed E-state index contributed by atoms with van der Waals surface area (Å²) in [4.78, 5) is 0. The first-order valence-electron chi connectivity index (χ1n) is 5.45. The number of nitrogens with zero attached hydrogens (tertiary/aromatic N) is 1. The number of para-hydroxylation sites is 1. The lowest BCUT2D eigenvalue weighted by Crippen LogP contribution is -2.17. The molecular weight excluding hydrogens is 274 g/mol. The lowest BCUT2D eigenvalue weighted by molar-refractivity contribution is -0.274. The third-order valence-electron chi connectivity index (χ3n) is 2.45. The monoisotopic (exact) mass is 281 g/mol. The van der Waals surface area contributed by atoms with Crippen LogP contribution in [0.3, 0.4) is 0 Å². The molecule has 2 aromatic rings.